The molecule has 28 heavy (non-hydrogen) atoms. The third-order valence-electron chi connectivity index (χ3n) is 4.80. The summed E-state index contributed by atoms with van der Waals surface area (Å²) in [5.41, 5.74) is 6.11. The molecule has 0 fully saturated rings. The number of aromatic nitrogens is 4. The second-order valence-electron chi connectivity index (χ2n) is 6.91. The zero-order valence-electron chi connectivity index (χ0n) is 16.2. The highest BCUT2D eigenvalue weighted by Gasteiger charge is 2.13. The van der Waals surface area contributed by atoms with Gasteiger partial charge in [0.2, 0.25) is 5.95 Å². The molecule has 0 radical (unpaired) electrons. The van der Waals surface area contributed by atoms with E-state index in [0.29, 0.717) is 16.8 Å². The smallest absolute Gasteiger partial charge is 0.231 e. The monoisotopic (exact) mass is 392 g/mol. The molecule has 7 heteroatoms. The minimum atomic E-state index is 0.508. The molecule has 6 nitrogen and oxygen atoms in total. The molecule has 2 aromatic heterocycles. The number of benzene rings is 2. The Labute approximate surface area is 168 Å². The van der Waals surface area contributed by atoms with Gasteiger partial charge in [0, 0.05) is 23.4 Å². The highest BCUT2D eigenvalue weighted by molar-refractivity contribution is 6.30. The van der Waals surface area contributed by atoms with E-state index < -0.39 is 0 Å². The topological polar surface area (TPSA) is 67.7 Å². The third-order valence-corrected chi connectivity index (χ3v) is 5.03. The van der Waals surface area contributed by atoms with Crippen LogP contribution in [0.3, 0.4) is 0 Å². The van der Waals surface area contributed by atoms with Gasteiger partial charge < -0.3 is 10.6 Å². The molecule has 0 saturated carbocycles. The number of fused-ring (bicyclic) bond motifs is 1. The maximum Gasteiger partial charge on any atom is 0.231 e. The largest absolute Gasteiger partial charge is 0.339 e. The first-order chi connectivity index (χ1) is 13.4. The molecule has 2 heterocycles. The molecule has 142 valence electrons. The van der Waals surface area contributed by atoms with Crippen molar-refractivity contribution in [3.05, 3.63) is 64.3 Å². The first kappa shape index (κ1) is 18.3. The van der Waals surface area contributed by atoms with Crippen molar-refractivity contribution < 1.29 is 0 Å². The molecule has 0 aliphatic rings. The minimum absolute atomic E-state index is 0.508. The first-order valence-corrected chi connectivity index (χ1v) is 9.36. The Balaban J connectivity index is 1.76. The van der Waals surface area contributed by atoms with Gasteiger partial charge in [-0.2, -0.15) is 15.1 Å². The average molecular weight is 393 g/mol. The van der Waals surface area contributed by atoms with Crippen molar-refractivity contribution in [2.45, 2.75) is 20.8 Å². The van der Waals surface area contributed by atoms with Crippen molar-refractivity contribution in [2.75, 3.05) is 10.6 Å². The van der Waals surface area contributed by atoms with E-state index in [1.165, 1.54) is 11.1 Å². The van der Waals surface area contributed by atoms with Gasteiger partial charge in [0.1, 0.15) is 5.82 Å². The van der Waals surface area contributed by atoms with Gasteiger partial charge in [0.25, 0.3) is 0 Å². The molecule has 0 atom stereocenters. The van der Waals surface area contributed by atoms with Gasteiger partial charge in [-0.3, -0.25) is 4.68 Å². The van der Waals surface area contributed by atoms with Gasteiger partial charge in [0.15, 0.2) is 5.65 Å². The van der Waals surface area contributed by atoms with Crippen LogP contribution in [-0.4, -0.2) is 19.7 Å². The number of halogens is 1. The van der Waals surface area contributed by atoms with Crippen LogP contribution >= 0.6 is 11.6 Å². The maximum absolute atomic E-state index is 6.08. The van der Waals surface area contributed by atoms with Crippen LogP contribution in [0.4, 0.5) is 23.1 Å². The Bertz CT molecular complexity index is 1180. The highest BCUT2D eigenvalue weighted by Crippen LogP contribution is 2.29. The van der Waals surface area contributed by atoms with Gasteiger partial charge in [-0.15, -0.1) is 0 Å². The Morgan fingerprint density at radius 1 is 0.893 bits per heavy atom. The summed E-state index contributed by atoms with van der Waals surface area (Å²) in [4.78, 5) is 9.34. The van der Waals surface area contributed by atoms with E-state index in [2.05, 4.69) is 46.7 Å². The van der Waals surface area contributed by atoms with Gasteiger partial charge in [-0.05, 0) is 67.8 Å². The van der Waals surface area contributed by atoms with E-state index in [1.54, 1.807) is 10.9 Å². The molecular weight excluding hydrogens is 372 g/mol. The van der Waals surface area contributed by atoms with Crippen LogP contribution < -0.4 is 10.6 Å². The fraction of sp³-hybridized carbons (Fsp3) is 0.190. The van der Waals surface area contributed by atoms with Gasteiger partial charge in [0.05, 0.1) is 11.6 Å². The fourth-order valence-electron chi connectivity index (χ4n) is 3.02. The molecule has 0 aliphatic carbocycles. The molecule has 0 bridgehead atoms. The lowest BCUT2D eigenvalue weighted by Gasteiger charge is -2.13. The molecule has 4 rings (SSSR count). The zero-order valence-corrected chi connectivity index (χ0v) is 17.0. The minimum Gasteiger partial charge on any atom is -0.339 e. The second-order valence-corrected chi connectivity index (χ2v) is 7.35. The van der Waals surface area contributed by atoms with Crippen LogP contribution in [0.2, 0.25) is 5.02 Å². The van der Waals surface area contributed by atoms with Crippen molar-refractivity contribution >= 4 is 45.8 Å². The summed E-state index contributed by atoms with van der Waals surface area (Å²) in [5.74, 6) is 1.20. The number of anilines is 4. The molecule has 0 spiro atoms. The van der Waals surface area contributed by atoms with E-state index in [4.69, 9.17) is 16.6 Å². The summed E-state index contributed by atoms with van der Waals surface area (Å²) in [7, 11) is 1.87. The van der Waals surface area contributed by atoms with Gasteiger partial charge >= 0.3 is 0 Å². The van der Waals surface area contributed by atoms with Crippen LogP contribution in [0.15, 0.2) is 42.6 Å². The van der Waals surface area contributed by atoms with Crippen LogP contribution in [0, 0.1) is 20.8 Å². The summed E-state index contributed by atoms with van der Waals surface area (Å²) in [6.07, 6.45) is 1.77. The zero-order chi connectivity index (χ0) is 19.8. The second kappa shape index (κ2) is 7.13. The van der Waals surface area contributed by atoms with E-state index in [-0.39, 0.29) is 0 Å². The van der Waals surface area contributed by atoms with Crippen molar-refractivity contribution in [3.63, 3.8) is 0 Å². The van der Waals surface area contributed by atoms with E-state index in [1.807, 2.05) is 38.2 Å². The normalized spacial score (nSPS) is 11.0. The third kappa shape index (κ3) is 3.51. The highest BCUT2D eigenvalue weighted by atomic mass is 35.5. The van der Waals surface area contributed by atoms with Crippen LogP contribution in [0.25, 0.3) is 11.0 Å². The number of nitrogens with zero attached hydrogens (tertiary/aromatic N) is 4. The molecule has 2 aromatic carbocycles. The summed E-state index contributed by atoms with van der Waals surface area (Å²) >= 11 is 6.08. The van der Waals surface area contributed by atoms with Gasteiger partial charge in [-0.1, -0.05) is 17.7 Å². The Kier molecular flexibility index (Phi) is 4.65. The lowest BCUT2D eigenvalue weighted by atomic mass is 10.1. The number of nitrogens with one attached hydrogen (secondary N) is 2. The lowest BCUT2D eigenvalue weighted by Crippen LogP contribution is -2.04. The molecule has 2 N–H and O–H groups in total. The molecule has 0 saturated heterocycles. The van der Waals surface area contributed by atoms with Crippen LogP contribution in [0.1, 0.15) is 16.7 Å². The number of aryl methyl sites for hydroxylation is 4. The molecule has 0 unspecified atom stereocenters. The van der Waals surface area contributed by atoms with Crippen molar-refractivity contribution in [3.8, 4) is 0 Å². The summed E-state index contributed by atoms with van der Waals surface area (Å²) in [6, 6.07) is 11.9. The summed E-state index contributed by atoms with van der Waals surface area (Å²) in [6.45, 7) is 6.18. The van der Waals surface area contributed by atoms with Crippen LogP contribution in [0.5, 0.6) is 0 Å². The standard InChI is InChI=1S/C21H21ClN6/c1-12-5-7-16(10-13(12)2)24-21-26-19(17-11-23-28(4)20(17)27-21)25-18-8-6-15(22)9-14(18)3/h5-11H,1-4H3,(H2,24,25,26,27). The maximum atomic E-state index is 6.08. The molecular formula is C21H21ClN6. The molecule has 0 aliphatic heterocycles. The molecule has 4 aromatic rings. The number of hydrogen-bond acceptors (Lipinski definition) is 5. The Hall–Kier alpha value is -3.12. The SMILES string of the molecule is Cc1ccc(Nc2nc(Nc3ccc(Cl)cc3C)c3cnn(C)c3n2)cc1C. The predicted molar refractivity (Wildman–Crippen MR) is 115 cm³/mol. The van der Waals surface area contributed by atoms with E-state index >= 15 is 0 Å². The lowest BCUT2D eigenvalue weighted by molar-refractivity contribution is 0.786. The van der Waals surface area contributed by atoms with Crippen molar-refractivity contribution in [2.24, 2.45) is 7.05 Å². The Morgan fingerprint density at radius 2 is 1.71 bits per heavy atom. The van der Waals surface area contributed by atoms with Crippen LogP contribution in [-0.2, 0) is 7.05 Å². The quantitative estimate of drug-likeness (QED) is 0.484. The average Bonchev–Trinajstić information content (AvgIpc) is 3.02. The number of rotatable bonds is 4. The number of hydrogen-bond donors (Lipinski definition) is 2. The van der Waals surface area contributed by atoms with Gasteiger partial charge in [-0.25, -0.2) is 0 Å². The van der Waals surface area contributed by atoms with Crippen molar-refractivity contribution in [1.82, 2.24) is 19.7 Å². The first-order valence-electron chi connectivity index (χ1n) is 8.98. The van der Waals surface area contributed by atoms with Crippen molar-refractivity contribution in [1.29, 1.82) is 0 Å². The summed E-state index contributed by atoms with van der Waals surface area (Å²) < 4.78 is 1.74. The molecule has 0 amide bonds. The summed E-state index contributed by atoms with van der Waals surface area (Å²) in [5, 5.41) is 12.6. The fourth-order valence-corrected chi connectivity index (χ4v) is 3.24. The predicted octanol–water partition coefficient (Wildman–Crippen LogP) is 5.43. The Morgan fingerprint density at radius 3 is 2.46 bits per heavy atom. The van der Waals surface area contributed by atoms with E-state index in [0.717, 1.165) is 28.0 Å². The van der Waals surface area contributed by atoms with E-state index in [9.17, 15) is 0 Å².